The highest BCUT2D eigenvalue weighted by molar-refractivity contribution is 5.91. The van der Waals surface area contributed by atoms with Gasteiger partial charge in [-0.2, -0.15) is 0 Å². The SMILES string of the molecule is C=CCC1=C(C(=O)OCC)CN(C(=O)OC(C)(C)C)CC1. The van der Waals surface area contributed by atoms with Crippen molar-refractivity contribution in [3.8, 4) is 0 Å². The fraction of sp³-hybridized carbons (Fsp3) is 0.625. The number of esters is 1. The van der Waals surface area contributed by atoms with Crippen molar-refractivity contribution < 1.29 is 19.1 Å². The van der Waals surface area contributed by atoms with Gasteiger partial charge in [0.25, 0.3) is 0 Å². The van der Waals surface area contributed by atoms with Gasteiger partial charge in [0.1, 0.15) is 5.60 Å². The Kier molecular flexibility index (Phi) is 6.00. The third kappa shape index (κ3) is 5.25. The van der Waals surface area contributed by atoms with E-state index in [0.29, 0.717) is 31.6 Å². The highest BCUT2D eigenvalue weighted by atomic mass is 16.6. The normalized spacial score (nSPS) is 15.7. The number of rotatable bonds is 4. The summed E-state index contributed by atoms with van der Waals surface area (Å²) in [5.41, 5.74) is 0.990. The number of carbonyl (C=O) groups excluding carboxylic acids is 2. The lowest BCUT2D eigenvalue weighted by atomic mass is 9.97. The molecule has 1 amide bonds. The standard InChI is InChI=1S/C16H25NO4/c1-6-8-12-9-10-17(15(19)21-16(3,4)5)11-13(12)14(18)20-7-2/h6H,1,7-11H2,2-5H3. The molecule has 0 aliphatic carbocycles. The van der Waals surface area contributed by atoms with Crippen molar-refractivity contribution in [2.45, 2.75) is 46.1 Å². The maximum Gasteiger partial charge on any atom is 0.410 e. The minimum absolute atomic E-state index is 0.233. The monoisotopic (exact) mass is 295 g/mol. The Morgan fingerprint density at radius 1 is 1.38 bits per heavy atom. The Hall–Kier alpha value is -1.78. The van der Waals surface area contributed by atoms with E-state index in [1.165, 1.54) is 0 Å². The summed E-state index contributed by atoms with van der Waals surface area (Å²) in [6.07, 6.45) is 2.63. The van der Waals surface area contributed by atoms with Gasteiger partial charge in [0, 0.05) is 6.54 Å². The third-order valence-electron chi connectivity index (χ3n) is 3.02. The molecule has 1 rings (SSSR count). The summed E-state index contributed by atoms with van der Waals surface area (Å²) in [5, 5.41) is 0. The zero-order chi connectivity index (χ0) is 16.0. The largest absolute Gasteiger partial charge is 0.463 e. The second kappa shape index (κ2) is 7.29. The minimum Gasteiger partial charge on any atom is -0.463 e. The third-order valence-corrected chi connectivity index (χ3v) is 3.02. The van der Waals surface area contributed by atoms with Crippen LogP contribution in [0.4, 0.5) is 4.79 Å². The maximum atomic E-state index is 12.1. The van der Waals surface area contributed by atoms with E-state index in [1.807, 2.05) is 20.8 Å². The van der Waals surface area contributed by atoms with Crippen LogP contribution in [0.15, 0.2) is 23.8 Å². The van der Waals surface area contributed by atoms with Crippen molar-refractivity contribution in [2.75, 3.05) is 19.7 Å². The van der Waals surface area contributed by atoms with Crippen LogP contribution in [-0.2, 0) is 14.3 Å². The Balaban J connectivity index is 2.87. The van der Waals surface area contributed by atoms with Crippen LogP contribution in [0.25, 0.3) is 0 Å². The predicted octanol–water partition coefficient (Wildman–Crippen LogP) is 3.06. The molecule has 0 spiro atoms. The van der Waals surface area contributed by atoms with Crippen molar-refractivity contribution in [3.05, 3.63) is 23.8 Å². The second-order valence-electron chi connectivity index (χ2n) is 5.95. The first-order chi connectivity index (χ1) is 9.78. The van der Waals surface area contributed by atoms with Crippen molar-refractivity contribution in [1.29, 1.82) is 0 Å². The van der Waals surface area contributed by atoms with E-state index in [4.69, 9.17) is 9.47 Å². The van der Waals surface area contributed by atoms with E-state index >= 15 is 0 Å². The second-order valence-corrected chi connectivity index (χ2v) is 5.95. The minimum atomic E-state index is -0.549. The maximum absolute atomic E-state index is 12.1. The summed E-state index contributed by atoms with van der Waals surface area (Å²) >= 11 is 0. The van der Waals surface area contributed by atoms with Crippen LogP contribution in [0.1, 0.15) is 40.5 Å². The van der Waals surface area contributed by atoms with Crippen molar-refractivity contribution >= 4 is 12.1 Å². The Labute approximate surface area is 126 Å². The van der Waals surface area contributed by atoms with Gasteiger partial charge in [-0.3, -0.25) is 0 Å². The van der Waals surface area contributed by atoms with Crippen LogP contribution in [0.2, 0.25) is 0 Å². The van der Waals surface area contributed by atoms with Gasteiger partial charge in [-0.05, 0) is 40.5 Å². The first-order valence-electron chi connectivity index (χ1n) is 7.25. The van der Waals surface area contributed by atoms with Gasteiger partial charge in [-0.15, -0.1) is 6.58 Å². The van der Waals surface area contributed by atoms with Crippen LogP contribution in [0.5, 0.6) is 0 Å². The fourth-order valence-electron chi connectivity index (χ4n) is 2.11. The molecule has 0 aromatic heterocycles. The molecule has 0 aromatic rings. The lowest BCUT2D eigenvalue weighted by molar-refractivity contribution is -0.138. The Morgan fingerprint density at radius 3 is 2.57 bits per heavy atom. The van der Waals surface area contributed by atoms with E-state index in [0.717, 1.165) is 5.57 Å². The summed E-state index contributed by atoms with van der Waals surface area (Å²) in [4.78, 5) is 25.7. The van der Waals surface area contributed by atoms with Gasteiger partial charge in [-0.1, -0.05) is 11.6 Å². The number of amides is 1. The first kappa shape index (κ1) is 17.3. The fourth-order valence-corrected chi connectivity index (χ4v) is 2.11. The molecule has 5 nitrogen and oxygen atoms in total. The van der Waals surface area contributed by atoms with Gasteiger partial charge in [0.15, 0.2) is 0 Å². The summed E-state index contributed by atoms with van der Waals surface area (Å²) in [6.45, 7) is 12.0. The molecule has 0 bridgehead atoms. The topological polar surface area (TPSA) is 55.8 Å². The molecule has 1 heterocycles. The average molecular weight is 295 g/mol. The number of hydrogen-bond donors (Lipinski definition) is 0. The smallest absolute Gasteiger partial charge is 0.410 e. The van der Waals surface area contributed by atoms with Crippen molar-refractivity contribution in [2.24, 2.45) is 0 Å². The van der Waals surface area contributed by atoms with Crippen molar-refractivity contribution in [3.63, 3.8) is 0 Å². The molecule has 0 unspecified atom stereocenters. The quantitative estimate of drug-likeness (QED) is 0.591. The van der Waals surface area contributed by atoms with E-state index in [2.05, 4.69) is 6.58 Å². The van der Waals surface area contributed by atoms with Crippen molar-refractivity contribution in [1.82, 2.24) is 4.90 Å². The molecule has 5 heteroatoms. The average Bonchev–Trinajstić information content (AvgIpc) is 2.37. The molecule has 0 saturated heterocycles. The van der Waals surface area contributed by atoms with Gasteiger partial charge in [-0.25, -0.2) is 9.59 Å². The molecule has 0 aromatic carbocycles. The summed E-state index contributed by atoms with van der Waals surface area (Å²) in [6, 6.07) is 0. The summed E-state index contributed by atoms with van der Waals surface area (Å²) in [7, 11) is 0. The molecule has 21 heavy (non-hydrogen) atoms. The lowest BCUT2D eigenvalue weighted by Crippen LogP contribution is -2.42. The molecular formula is C16H25NO4. The Bertz CT molecular complexity index is 446. The van der Waals surface area contributed by atoms with Gasteiger partial charge in [0.05, 0.1) is 18.7 Å². The van der Waals surface area contributed by atoms with E-state index in [-0.39, 0.29) is 12.5 Å². The molecule has 0 radical (unpaired) electrons. The van der Waals surface area contributed by atoms with E-state index in [1.54, 1.807) is 17.9 Å². The first-order valence-corrected chi connectivity index (χ1v) is 7.25. The van der Waals surface area contributed by atoms with E-state index in [9.17, 15) is 9.59 Å². The van der Waals surface area contributed by atoms with Gasteiger partial charge < -0.3 is 14.4 Å². The number of hydrogen-bond acceptors (Lipinski definition) is 4. The number of nitrogens with zero attached hydrogens (tertiary/aromatic N) is 1. The molecular weight excluding hydrogens is 270 g/mol. The number of carbonyl (C=O) groups is 2. The van der Waals surface area contributed by atoms with E-state index < -0.39 is 11.7 Å². The van der Waals surface area contributed by atoms with Crippen LogP contribution in [0.3, 0.4) is 0 Å². The molecule has 1 aliphatic heterocycles. The van der Waals surface area contributed by atoms with Crippen LogP contribution in [-0.4, -0.2) is 42.3 Å². The number of allylic oxidation sites excluding steroid dienone is 1. The molecule has 1 aliphatic rings. The number of ether oxygens (including phenoxy) is 2. The summed E-state index contributed by atoms with van der Waals surface area (Å²) in [5.74, 6) is -0.359. The molecule has 0 fully saturated rings. The van der Waals surface area contributed by atoms with Gasteiger partial charge >= 0.3 is 12.1 Å². The molecule has 118 valence electrons. The molecule has 0 N–H and O–H groups in total. The Morgan fingerprint density at radius 2 is 2.05 bits per heavy atom. The van der Waals surface area contributed by atoms with Crippen LogP contribution < -0.4 is 0 Å². The lowest BCUT2D eigenvalue weighted by Gasteiger charge is -2.31. The molecule has 0 atom stereocenters. The highest BCUT2D eigenvalue weighted by Crippen LogP contribution is 2.24. The van der Waals surface area contributed by atoms with Crippen LogP contribution in [0, 0.1) is 0 Å². The zero-order valence-electron chi connectivity index (χ0n) is 13.4. The van der Waals surface area contributed by atoms with Crippen LogP contribution >= 0.6 is 0 Å². The predicted molar refractivity (Wildman–Crippen MR) is 80.9 cm³/mol. The zero-order valence-corrected chi connectivity index (χ0v) is 13.4. The highest BCUT2D eigenvalue weighted by Gasteiger charge is 2.29. The molecule has 0 saturated carbocycles. The summed E-state index contributed by atoms with van der Waals surface area (Å²) < 4.78 is 10.4. The van der Waals surface area contributed by atoms with Gasteiger partial charge in [0.2, 0.25) is 0 Å².